The van der Waals surface area contributed by atoms with Gasteiger partial charge in [0, 0.05) is 6.42 Å². The maximum atomic E-state index is 12.0. The summed E-state index contributed by atoms with van der Waals surface area (Å²) in [6.45, 7) is -0.0236. The fourth-order valence-electron chi connectivity index (χ4n) is 2.54. The van der Waals surface area contributed by atoms with Crippen LogP contribution < -0.4 is 0 Å². The van der Waals surface area contributed by atoms with Crippen molar-refractivity contribution in [1.29, 1.82) is 0 Å². The predicted octanol–water partition coefficient (Wildman–Crippen LogP) is 2.18. The van der Waals surface area contributed by atoms with Gasteiger partial charge in [0.2, 0.25) is 0 Å². The van der Waals surface area contributed by atoms with Crippen LogP contribution in [0.1, 0.15) is 27.1 Å². The van der Waals surface area contributed by atoms with E-state index in [4.69, 9.17) is 14.2 Å². The van der Waals surface area contributed by atoms with E-state index in [1.54, 1.807) is 60.7 Å². The van der Waals surface area contributed by atoms with Crippen LogP contribution >= 0.6 is 0 Å². The molecule has 0 unspecified atom stereocenters. The number of aliphatic hydroxyl groups is 1. The second-order valence-electron chi connectivity index (χ2n) is 5.66. The highest BCUT2D eigenvalue weighted by Gasteiger charge is 2.37. The first-order valence-electron chi connectivity index (χ1n) is 7.95. The van der Waals surface area contributed by atoms with Gasteiger partial charge in [-0.15, -0.1) is 0 Å². The Labute approximate surface area is 144 Å². The van der Waals surface area contributed by atoms with Gasteiger partial charge >= 0.3 is 11.9 Å². The van der Waals surface area contributed by atoms with Gasteiger partial charge in [0.05, 0.1) is 17.2 Å². The molecule has 2 aromatic carbocycles. The number of hydrogen-bond acceptors (Lipinski definition) is 6. The number of carbonyl (C=O) groups excluding carboxylic acids is 2. The monoisotopic (exact) mass is 342 g/mol. The molecule has 1 heterocycles. The van der Waals surface area contributed by atoms with Gasteiger partial charge in [-0.25, -0.2) is 9.59 Å². The Hall–Kier alpha value is -2.70. The molecule has 25 heavy (non-hydrogen) atoms. The van der Waals surface area contributed by atoms with E-state index in [0.717, 1.165) is 0 Å². The van der Waals surface area contributed by atoms with Crippen molar-refractivity contribution in [3.63, 3.8) is 0 Å². The summed E-state index contributed by atoms with van der Waals surface area (Å²) in [5.74, 6) is -1.00. The summed E-state index contributed by atoms with van der Waals surface area (Å²) in [7, 11) is 0. The van der Waals surface area contributed by atoms with Crippen LogP contribution in [0.4, 0.5) is 0 Å². The molecule has 1 N–H and O–H groups in total. The van der Waals surface area contributed by atoms with Crippen molar-refractivity contribution in [1.82, 2.24) is 0 Å². The standard InChI is InChI=1S/C19H18O6/c20-17(13-7-3-1-4-8-13)23-12-15-11-16(19(22)24-15)25-18(21)14-9-5-2-6-10-14/h1-10,15-16,19,22H,11-12H2/t15-,16+,19+/m0/s1. The third kappa shape index (κ3) is 4.43. The number of rotatable bonds is 5. The van der Waals surface area contributed by atoms with Crippen molar-refractivity contribution in [3.8, 4) is 0 Å². The van der Waals surface area contributed by atoms with Crippen molar-refractivity contribution in [2.75, 3.05) is 6.61 Å². The fraction of sp³-hybridized carbons (Fsp3) is 0.263. The largest absolute Gasteiger partial charge is 0.459 e. The van der Waals surface area contributed by atoms with Crippen molar-refractivity contribution in [3.05, 3.63) is 71.8 Å². The Morgan fingerprint density at radius 1 is 0.960 bits per heavy atom. The van der Waals surface area contributed by atoms with Gasteiger partial charge in [0.1, 0.15) is 6.61 Å². The highest BCUT2D eigenvalue weighted by molar-refractivity contribution is 5.89. The Morgan fingerprint density at radius 2 is 1.52 bits per heavy atom. The molecule has 6 nitrogen and oxygen atoms in total. The van der Waals surface area contributed by atoms with E-state index < -0.39 is 30.4 Å². The average Bonchev–Trinajstić information content (AvgIpc) is 3.00. The molecule has 0 bridgehead atoms. The molecule has 0 spiro atoms. The van der Waals surface area contributed by atoms with Crippen LogP contribution in [0.25, 0.3) is 0 Å². The second-order valence-corrected chi connectivity index (χ2v) is 5.66. The first-order chi connectivity index (χ1) is 12.1. The zero-order valence-electron chi connectivity index (χ0n) is 13.4. The van der Waals surface area contributed by atoms with E-state index in [0.29, 0.717) is 11.1 Å². The molecule has 0 aliphatic carbocycles. The van der Waals surface area contributed by atoms with Gasteiger partial charge in [-0.05, 0) is 24.3 Å². The van der Waals surface area contributed by atoms with Crippen molar-refractivity contribution < 1.29 is 28.9 Å². The lowest BCUT2D eigenvalue weighted by molar-refractivity contribution is -0.135. The Kier molecular flexibility index (Phi) is 5.42. The lowest BCUT2D eigenvalue weighted by Crippen LogP contribution is -2.26. The average molecular weight is 342 g/mol. The molecule has 0 amide bonds. The number of ether oxygens (including phenoxy) is 3. The Balaban J connectivity index is 1.50. The molecule has 130 valence electrons. The minimum atomic E-state index is -1.24. The molecule has 1 aliphatic heterocycles. The van der Waals surface area contributed by atoms with Crippen LogP contribution in [0.2, 0.25) is 0 Å². The number of benzene rings is 2. The van der Waals surface area contributed by atoms with Crippen LogP contribution in [0.15, 0.2) is 60.7 Å². The summed E-state index contributed by atoms with van der Waals surface area (Å²) in [6.07, 6.45) is -2.32. The number of hydrogen-bond donors (Lipinski definition) is 1. The molecule has 0 radical (unpaired) electrons. The van der Waals surface area contributed by atoms with Gasteiger partial charge in [0.25, 0.3) is 0 Å². The first-order valence-corrected chi connectivity index (χ1v) is 7.95. The molecule has 3 atom stereocenters. The lowest BCUT2D eigenvalue weighted by Gasteiger charge is -2.13. The summed E-state index contributed by atoms with van der Waals surface area (Å²) in [4.78, 5) is 23.9. The predicted molar refractivity (Wildman–Crippen MR) is 87.9 cm³/mol. The van der Waals surface area contributed by atoms with Gasteiger partial charge < -0.3 is 19.3 Å². The summed E-state index contributed by atoms with van der Waals surface area (Å²) < 4.78 is 15.8. The fourth-order valence-corrected chi connectivity index (χ4v) is 2.54. The summed E-state index contributed by atoms with van der Waals surface area (Å²) in [6, 6.07) is 17.1. The van der Waals surface area contributed by atoms with E-state index >= 15 is 0 Å². The molecule has 3 rings (SSSR count). The Bertz CT molecular complexity index is 715. The first kappa shape index (κ1) is 17.1. The summed E-state index contributed by atoms with van der Waals surface area (Å²) in [5.41, 5.74) is 0.835. The SMILES string of the molecule is O=C(OC[C@@H]1C[C@@H](OC(=O)c2ccccc2)[C@H](O)O1)c1ccccc1. The van der Waals surface area contributed by atoms with Crippen LogP contribution in [0.5, 0.6) is 0 Å². The minimum Gasteiger partial charge on any atom is -0.459 e. The molecular weight excluding hydrogens is 324 g/mol. The third-order valence-electron chi connectivity index (χ3n) is 3.82. The summed E-state index contributed by atoms with van der Waals surface area (Å²) >= 11 is 0. The smallest absolute Gasteiger partial charge is 0.338 e. The van der Waals surface area contributed by atoms with Crippen molar-refractivity contribution in [2.24, 2.45) is 0 Å². The van der Waals surface area contributed by atoms with Crippen LogP contribution in [-0.4, -0.2) is 42.1 Å². The van der Waals surface area contributed by atoms with Gasteiger partial charge in [-0.2, -0.15) is 0 Å². The molecular formula is C19H18O6. The maximum Gasteiger partial charge on any atom is 0.338 e. The molecule has 1 saturated heterocycles. The van der Waals surface area contributed by atoms with E-state index in [-0.39, 0.29) is 13.0 Å². The summed E-state index contributed by atoms with van der Waals surface area (Å²) in [5, 5.41) is 9.90. The van der Waals surface area contributed by atoms with E-state index in [2.05, 4.69) is 0 Å². The lowest BCUT2D eigenvalue weighted by atomic mass is 10.2. The molecule has 0 saturated carbocycles. The number of esters is 2. The normalized spacial score (nSPS) is 22.4. The van der Waals surface area contributed by atoms with Gasteiger partial charge in [0.15, 0.2) is 12.4 Å². The quantitative estimate of drug-likeness (QED) is 0.839. The minimum absolute atomic E-state index is 0.0236. The molecule has 6 heteroatoms. The molecule has 1 aliphatic rings. The van der Waals surface area contributed by atoms with Crippen molar-refractivity contribution in [2.45, 2.75) is 24.9 Å². The van der Waals surface area contributed by atoms with Crippen LogP contribution in [-0.2, 0) is 14.2 Å². The highest BCUT2D eigenvalue weighted by Crippen LogP contribution is 2.23. The molecule has 2 aromatic rings. The van der Waals surface area contributed by atoms with E-state index in [9.17, 15) is 14.7 Å². The molecule has 1 fully saturated rings. The topological polar surface area (TPSA) is 82.1 Å². The van der Waals surface area contributed by atoms with Crippen molar-refractivity contribution >= 4 is 11.9 Å². The third-order valence-corrected chi connectivity index (χ3v) is 3.82. The second kappa shape index (κ2) is 7.92. The zero-order chi connectivity index (χ0) is 17.6. The van der Waals surface area contributed by atoms with E-state index in [1.165, 1.54) is 0 Å². The van der Waals surface area contributed by atoms with E-state index in [1.807, 2.05) is 0 Å². The maximum absolute atomic E-state index is 12.0. The molecule has 0 aromatic heterocycles. The number of aliphatic hydroxyl groups excluding tert-OH is 1. The van der Waals surface area contributed by atoms with Crippen LogP contribution in [0, 0.1) is 0 Å². The number of carbonyl (C=O) groups is 2. The highest BCUT2D eigenvalue weighted by atomic mass is 16.7. The van der Waals surface area contributed by atoms with Crippen LogP contribution in [0.3, 0.4) is 0 Å². The Morgan fingerprint density at radius 3 is 2.12 bits per heavy atom. The van der Waals surface area contributed by atoms with Gasteiger partial charge in [-0.3, -0.25) is 0 Å². The zero-order valence-corrected chi connectivity index (χ0v) is 13.4. The van der Waals surface area contributed by atoms with Gasteiger partial charge in [-0.1, -0.05) is 36.4 Å².